The number of rotatable bonds is 4. The number of ketones is 1. The summed E-state index contributed by atoms with van der Waals surface area (Å²) in [5, 5.41) is 4.27. The van der Waals surface area contributed by atoms with Gasteiger partial charge in [0.15, 0.2) is 0 Å². The van der Waals surface area contributed by atoms with Gasteiger partial charge in [0.05, 0.1) is 0 Å². The van der Waals surface area contributed by atoms with Crippen molar-refractivity contribution in [1.82, 2.24) is 9.78 Å². The lowest BCUT2D eigenvalue weighted by atomic mass is 10.2. The maximum absolute atomic E-state index is 11.2. The van der Waals surface area contributed by atoms with Gasteiger partial charge < -0.3 is 0 Å². The van der Waals surface area contributed by atoms with Crippen LogP contribution in [0.1, 0.15) is 38.3 Å². The molecule has 76 valence electrons. The van der Waals surface area contributed by atoms with Gasteiger partial charge in [0, 0.05) is 30.3 Å². The van der Waals surface area contributed by atoms with Crippen molar-refractivity contribution in [3.63, 3.8) is 0 Å². The zero-order valence-electron chi connectivity index (χ0n) is 8.73. The van der Waals surface area contributed by atoms with E-state index in [4.69, 9.17) is 0 Å². The summed E-state index contributed by atoms with van der Waals surface area (Å²) in [4.78, 5) is 11.2. The number of carbonyl (C=O) groups excluding carboxylic acids is 1. The summed E-state index contributed by atoms with van der Waals surface area (Å²) in [6, 6.07) is 2.04. The largest absolute Gasteiger partial charge is 0.300 e. The van der Waals surface area contributed by atoms with Gasteiger partial charge in [-0.1, -0.05) is 6.92 Å². The highest BCUT2D eigenvalue weighted by molar-refractivity contribution is 5.82. The van der Waals surface area contributed by atoms with E-state index in [-0.39, 0.29) is 5.92 Å². The summed E-state index contributed by atoms with van der Waals surface area (Å²) in [5.41, 5.74) is 1.24. The van der Waals surface area contributed by atoms with Crippen LogP contribution in [0.3, 0.4) is 0 Å². The van der Waals surface area contributed by atoms with E-state index >= 15 is 0 Å². The Labute approximate surface area is 84.1 Å². The number of Topliss-reactive ketones (excluding diaryl/α,β-unsaturated/α-hetero) is 1. The van der Waals surface area contributed by atoms with Gasteiger partial charge in [-0.3, -0.25) is 9.48 Å². The van der Waals surface area contributed by atoms with E-state index in [1.165, 1.54) is 5.69 Å². The fraction of sp³-hybridized carbons (Fsp3) is 0.636. The molecule has 0 N–H and O–H groups in total. The second kappa shape index (κ2) is 3.56. The maximum atomic E-state index is 11.2. The number of hydrogen-bond acceptors (Lipinski definition) is 2. The van der Waals surface area contributed by atoms with Crippen molar-refractivity contribution in [3.05, 3.63) is 18.0 Å². The molecular weight excluding hydrogens is 176 g/mol. The molecule has 1 heterocycles. The molecule has 3 nitrogen and oxygen atoms in total. The number of aryl methyl sites for hydroxylation is 1. The van der Waals surface area contributed by atoms with Gasteiger partial charge in [-0.05, 0) is 25.8 Å². The van der Waals surface area contributed by atoms with Crippen LogP contribution >= 0.6 is 0 Å². The van der Waals surface area contributed by atoms with Crippen molar-refractivity contribution in [2.75, 3.05) is 0 Å². The monoisotopic (exact) mass is 192 g/mol. The van der Waals surface area contributed by atoms with E-state index in [2.05, 4.69) is 12.0 Å². The minimum absolute atomic E-state index is 0.266. The lowest BCUT2D eigenvalue weighted by Gasteiger charge is -2.04. The van der Waals surface area contributed by atoms with Crippen LogP contribution in [0.25, 0.3) is 0 Å². The van der Waals surface area contributed by atoms with Crippen molar-refractivity contribution in [3.8, 4) is 0 Å². The van der Waals surface area contributed by atoms with Crippen LogP contribution in [0.2, 0.25) is 0 Å². The molecule has 1 aliphatic carbocycles. The summed E-state index contributed by atoms with van der Waals surface area (Å²) >= 11 is 0. The standard InChI is InChI=1S/C11H16N2O/c1-3-6-13-11(4-5-12-13)10-7-9(10)8(2)14/h4-5,9-10H,3,6-7H2,1-2H3. The maximum Gasteiger partial charge on any atom is 0.133 e. The molecule has 0 aromatic carbocycles. The summed E-state index contributed by atoms with van der Waals surface area (Å²) in [6.45, 7) is 4.79. The Hall–Kier alpha value is -1.12. The molecule has 1 aromatic heterocycles. The third-order valence-corrected chi connectivity index (χ3v) is 2.88. The normalized spacial score (nSPS) is 25.0. The predicted molar refractivity (Wildman–Crippen MR) is 54.0 cm³/mol. The van der Waals surface area contributed by atoms with Crippen LogP contribution in [0.4, 0.5) is 0 Å². The molecule has 0 saturated heterocycles. The Kier molecular flexibility index (Phi) is 2.40. The summed E-state index contributed by atoms with van der Waals surface area (Å²) in [5.74, 6) is 1.03. The number of aromatic nitrogens is 2. The molecule has 0 aliphatic heterocycles. The van der Waals surface area contributed by atoms with E-state index in [0.29, 0.717) is 11.7 Å². The molecule has 0 bridgehead atoms. The van der Waals surface area contributed by atoms with Crippen molar-refractivity contribution < 1.29 is 4.79 Å². The fourth-order valence-corrected chi connectivity index (χ4v) is 2.03. The SMILES string of the molecule is CCCn1nccc1C1CC1C(C)=O. The third-order valence-electron chi connectivity index (χ3n) is 2.88. The zero-order chi connectivity index (χ0) is 10.1. The molecule has 1 saturated carbocycles. The average molecular weight is 192 g/mol. The second-order valence-corrected chi connectivity index (χ2v) is 4.04. The first-order valence-corrected chi connectivity index (χ1v) is 5.26. The molecule has 14 heavy (non-hydrogen) atoms. The van der Waals surface area contributed by atoms with Gasteiger partial charge in [0.1, 0.15) is 5.78 Å². The second-order valence-electron chi connectivity index (χ2n) is 4.04. The van der Waals surface area contributed by atoms with E-state index in [1.807, 2.05) is 16.9 Å². The van der Waals surface area contributed by atoms with Crippen LogP contribution in [0.5, 0.6) is 0 Å². The molecule has 2 rings (SSSR count). The topological polar surface area (TPSA) is 34.9 Å². The van der Waals surface area contributed by atoms with Crippen LogP contribution in [-0.2, 0) is 11.3 Å². The molecule has 0 amide bonds. The Morgan fingerprint density at radius 1 is 1.71 bits per heavy atom. The first-order valence-electron chi connectivity index (χ1n) is 5.26. The molecule has 3 heteroatoms. The van der Waals surface area contributed by atoms with Gasteiger partial charge in [0.2, 0.25) is 0 Å². The van der Waals surface area contributed by atoms with Gasteiger partial charge in [-0.25, -0.2) is 0 Å². The highest BCUT2D eigenvalue weighted by Crippen LogP contribution is 2.47. The van der Waals surface area contributed by atoms with Crippen molar-refractivity contribution in [2.45, 2.75) is 39.2 Å². The third kappa shape index (κ3) is 1.59. The minimum atomic E-state index is 0.266. The van der Waals surface area contributed by atoms with Gasteiger partial charge in [0.25, 0.3) is 0 Å². The molecular formula is C11H16N2O. The fourth-order valence-electron chi connectivity index (χ4n) is 2.03. The van der Waals surface area contributed by atoms with Crippen molar-refractivity contribution in [2.24, 2.45) is 5.92 Å². The number of nitrogens with zero attached hydrogens (tertiary/aromatic N) is 2. The molecule has 0 spiro atoms. The highest BCUT2D eigenvalue weighted by Gasteiger charge is 2.43. The van der Waals surface area contributed by atoms with Crippen molar-refractivity contribution >= 4 is 5.78 Å². The molecule has 1 aliphatic rings. The van der Waals surface area contributed by atoms with Gasteiger partial charge in [-0.15, -0.1) is 0 Å². The van der Waals surface area contributed by atoms with E-state index in [0.717, 1.165) is 19.4 Å². The molecule has 2 atom stereocenters. The summed E-state index contributed by atoms with van der Waals surface area (Å²) in [6.07, 6.45) is 3.94. The Morgan fingerprint density at radius 2 is 2.50 bits per heavy atom. The molecule has 1 aromatic rings. The molecule has 0 radical (unpaired) electrons. The predicted octanol–water partition coefficient (Wildman–Crippen LogP) is 1.99. The quantitative estimate of drug-likeness (QED) is 0.731. The first-order chi connectivity index (χ1) is 6.74. The summed E-state index contributed by atoms with van der Waals surface area (Å²) in [7, 11) is 0. The average Bonchev–Trinajstić information content (AvgIpc) is 2.82. The smallest absolute Gasteiger partial charge is 0.133 e. The Morgan fingerprint density at radius 3 is 3.07 bits per heavy atom. The van der Waals surface area contributed by atoms with Crippen LogP contribution in [0.15, 0.2) is 12.3 Å². The Balaban J connectivity index is 2.10. The van der Waals surface area contributed by atoms with Crippen LogP contribution in [0, 0.1) is 5.92 Å². The van der Waals surface area contributed by atoms with Gasteiger partial charge >= 0.3 is 0 Å². The highest BCUT2D eigenvalue weighted by atomic mass is 16.1. The van der Waals surface area contributed by atoms with E-state index < -0.39 is 0 Å². The van der Waals surface area contributed by atoms with Crippen molar-refractivity contribution in [1.29, 1.82) is 0 Å². The number of carbonyl (C=O) groups is 1. The van der Waals surface area contributed by atoms with Gasteiger partial charge in [-0.2, -0.15) is 5.10 Å². The van der Waals surface area contributed by atoms with Crippen LogP contribution in [-0.4, -0.2) is 15.6 Å². The first kappa shape index (κ1) is 9.44. The summed E-state index contributed by atoms with van der Waals surface area (Å²) < 4.78 is 2.04. The lowest BCUT2D eigenvalue weighted by Crippen LogP contribution is -2.05. The van der Waals surface area contributed by atoms with E-state index in [9.17, 15) is 4.79 Å². The molecule has 2 unspecified atom stereocenters. The molecule has 1 fully saturated rings. The number of hydrogen-bond donors (Lipinski definition) is 0. The van der Waals surface area contributed by atoms with Crippen LogP contribution < -0.4 is 0 Å². The Bertz CT molecular complexity index is 343. The van der Waals surface area contributed by atoms with E-state index in [1.54, 1.807) is 6.92 Å². The zero-order valence-corrected chi connectivity index (χ0v) is 8.73. The minimum Gasteiger partial charge on any atom is -0.300 e. The lowest BCUT2D eigenvalue weighted by molar-refractivity contribution is -0.118.